The zero-order chi connectivity index (χ0) is 64.7. The summed E-state index contributed by atoms with van der Waals surface area (Å²) >= 11 is 0. The number of rotatable bonds is 38. The number of unbranched alkanes of at least 4 members (excludes halogenated alkanes) is 6. The summed E-state index contributed by atoms with van der Waals surface area (Å²) in [6, 6.07) is 9.55. The van der Waals surface area contributed by atoms with E-state index in [9.17, 15) is 33.6 Å². The third-order valence-corrected chi connectivity index (χ3v) is 12.5. The minimum atomic E-state index is -0.899. The van der Waals surface area contributed by atoms with Crippen molar-refractivity contribution in [2.45, 2.75) is 162 Å². The van der Waals surface area contributed by atoms with Gasteiger partial charge in [0.25, 0.3) is 0 Å². The topological polar surface area (TPSA) is 216 Å². The molecule has 0 fully saturated rings. The number of ether oxygens (including phenoxy) is 5. The molecule has 88 heavy (non-hydrogen) atoms. The molecule has 0 aliphatic heterocycles. The van der Waals surface area contributed by atoms with Gasteiger partial charge in [-0.05, 0) is 139 Å². The predicted molar refractivity (Wildman–Crippen MR) is 357 cm³/mol. The number of esters is 6. The van der Waals surface area contributed by atoms with E-state index in [0.29, 0.717) is 36.4 Å². The number of ketones is 1. The van der Waals surface area contributed by atoms with E-state index in [4.69, 9.17) is 29.4 Å². The molecule has 1 aliphatic carbocycles. The first-order chi connectivity index (χ1) is 42.8. The van der Waals surface area contributed by atoms with Crippen molar-refractivity contribution in [3.63, 3.8) is 0 Å². The van der Waals surface area contributed by atoms with E-state index in [0.717, 1.165) is 108 Å². The molecule has 476 valence electrons. The number of aliphatic imine (C=N–C) groups is 1. The van der Waals surface area contributed by atoms with Gasteiger partial charge in [0.1, 0.15) is 28.2 Å². The Hall–Kier alpha value is -8.72. The van der Waals surface area contributed by atoms with Crippen molar-refractivity contribution in [2.24, 2.45) is 4.99 Å². The first-order valence-corrected chi connectivity index (χ1v) is 30.7. The number of nitrogens with zero attached hydrogens (tertiary/aromatic N) is 1. The average Bonchev–Trinajstić information content (AvgIpc) is 3.68. The van der Waals surface area contributed by atoms with E-state index < -0.39 is 41.6 Å². The lowest BCUT2D eigenvalue weighted by atomic mass is 10.0. The Morgan fingerprint density at radius 2 is 0.864 bits per heavy atom. The molecular weight excluding hydrogens is 1110 g/mol. The largest absolute Gasteiger partial charge is 0.496 e. The standard InChI is InChI=1S/C29H39NO4.C28H37NO4.C16H21NO4/c1-4-5-6-7-8-9-10-11-12-13-14-15-16-17-18-19-20-21-28(31)34-29(32)26-23-22-25(30-2)24-27(26)33-3;1-3-4-5-6-7-8-9-10-11-12-13-14-15-16-17-18-19-20-27(30)33-28(31)25-22-21-24(29)23-26(25)32-2;1-3-4-5-6-7-8-15(19)21-16(20)13-11-12(17-2)9-10-14(13)18/h5-6,8-9,11-12,14-15,17-18,22-24,30H,4,7,10,13,16,19-21H2,1-3H3;4-5,7-8,10-11,13-14,16-17,21-23H,3,6,9,12,15,18-20,29H2,1-2H3;9-11H,3-8H2,1-2H3/b6-5-,9-8-,12-11-,15-14-,18-17-;5-4-,8-7-,11-10-,14-13-,17-16-;. The molecule has 15 nitrogen and oxygen atoms in total. The molecule has 0 radical (unpaired) electrons. The first kappa shape index (κ1) is 77.3. The van der Waals surface area contributed by atoms with Crippen LogP contribution in [0.3, 0.4) is 0 Å². The number of allylic oxidation sites excluding steroid dienone is 23. The van der Waals surface area contributed by atoms with E-state index in [1.165, 1.54) is 44.6 Å². The van der Waals surface area contributed by atoms with Gasteiger partial charge in [-0.1, -0.05) is 168 Å². The molecule has 15 heteroatoms. The highest BCUT2D eigenvalue weighted by atomic mass is 16.6. The van der Waals surface area contributed by atoms with E-state index in [2.05, 4.69) is 140 Å². The molecule has 0 saturated carbocycles. The zero-order valence-electron chi connectivity index (χ0n) is 53.2. The Balaban J connectivity index is 0.000000679. The minimum Gasteiger partial charge on any atom is -0.496 e. The molecule has 2 aromatic carbocycles. The van der Waals surface area contributed by atoms with Gasteiger partial charge in [-0.2, -0.15) is 0 Å². The van der Waals surface area contributed by atoms with Gasteiger partial charge in [0, 0.05) is 56.9 Å². The molecule has 3 N–H and O–H groups in total. The maximum absolute atomic E-state index is 12.2. The lowest BCUT2D eigenvalue weighted by Crippen LogP contribution is -2.21. The third kappa shape index (κ3) is 39.1. The van der Waals surface area contributed by atoms with Gasteiger partial charge >= 0.3 is 35.8 Å². The number of nitrogens with two attached hydrogens (primary N) is 1. The number of carbonyl (C=O) groups excluding carboxylic acids is 7. The van der Waals surface area contributed by atoms with E-state index in [1.54, 1.807) is 38.4 Å². The van der Waals surface area contributed by atoms with Crippen LogP contribution in [0.1, 0.15) is 183 Å². The molecule has 2 aromatic rings. The molecule has 1 aliphatic rings. The van der Waals surface area contributed by atoms with Crippen LogP contribution in [-0.4, -0.2) is 75.6 Å². The van der Waals surface area contributed by atoms with Crippen LogP contribution in [0.4, 0.5) is 11.4 Å². The highest BCUT2D eigenvalue weighted by Crippen LogP contribution is 2.25. The highest BCUT2D eigenvalue weighted by Gasteiger charge is 2.24. The lowest BCUT2D eigenvalue weighted by Gasteiger charge is -2.09. The third-order valence-electron chi connectivity index (χ3n) is 12.5. The van der Waals surface area contributed by atoms with E-state index in [-0.39, 0.29) is 41.7 Å². The Kier molecular flexibility index (Phi) is 46.2. The zero-order valence-corrected chi connectivity index (χ0v) is 53.2. The van der Waals surface area contributed by atoms with Crippen molar-refractivity contribution in [1.29, 1.82) is 0 Å². The Morgan fingerprint density at radius 3 is 1.27 bits per heavy atom. The first-order valence-electron chi connectivity index (χ1n) is 30.7. The molecule has 0 atom stereocenters. The van der Waals surface area contributed by atoms with Gasteiger partial charge in [-0.15, -0.1) is 0 Å². The second kappa shape index (κ2) is 52.6. The Morgan fingerprint density at radius 1 is 0.477 bits per heavy atom. The van der Waals surface area contributed by atoms with Crippen LogP contribution in [0.5, 0.6) is 11.5 Å². The molecule has 0 saturated heterocycles. The number of benzene rings is 2. The normalized spacial score (nSPS) is 13.0. The molecule has 0 unspecified atom stereocenters. The summed E-state index contributed by atoms with van der Waals surface area (Å²) in [5, 5.41) is 2.97. The number of anilines is 2. The van der Waals surface area contributed by atoms with Gasteiger partial charge in [-0.25, -0.2) is 14.4 Å². The van der Waals surface area contributed by atoms with E-state index in [1.807, 2.05) is 12.2 Å². The summed E-state index contributed by atoms with van der Waals surface area (Å²) in [7, 11) is 6.22. The Bertz CT molecular complexity index is 2830. The van der Waals surface area contributed by atoms with Crippen LogP contribution >= 0.6 is 0 Å². The minimum absolute atomic E-state index is 0.155. The molecule has 3 rings (SSSR count). The molecule has 0 heterocycles. The maximum atomic E-state index is 12.2. The Labute approximate surface area is 524 Å². The van der Waals surface area contributed by atoms with Gasteiger partial charge in [-0.3, -0.25) is 24.2 Å². The van der Waals surface area contributed by atoms with Crippen LogP contribution in [0, 0.1) is 0 Å². The summed E-state index contributed by atoms with van der Waals surface area (Å²) in [6.07, 6.45) is 65.1. The number of methoxy groups -OCH3 is 2. The number of carbonyl (C=O) groups is 7. The monoisotopic (exact) mass is 1210 g/mol. The SMILES string of the molecule is CC/C=C\C/C=C\C/C=C\C/C=C\C/C=C\CCCC(=O)OC(=O)c1ccc(N)cc1OC.CC/C=C\C/C=C\C/C=C\C/C=C\C/C=C\CCCC(=O)OC(=O)c1ccc(NC)cc1OC.CCCCCCCC(=O)OC(=O)C1=CC(=NC)C=CC1=O. The van der Waals surface area contributed by atoms with Crippen LogP contribution in [0.25, 0.3) is 0 Å². The summed E-state index contributed by atoms with van der Waals surface area (Å²) in [6.45, 7) is 6.39. The van der Waals surface area contributed by atoms with Gasteiger partial charge < -0.3 is 34.7 Å². The summed E-state index contributed by atoms with van der Waals surface area (Å²) < 4.78 is 24.9. The fraction of sp³-hybridized carbons (Fsp3) is 0.397. The van der Waals surface area contributed by atoms with Crippen molar-refractivity contribution in [3.05, 3.63) is 193 Å². The summed E-state index contributed by atoms with van der Waals surface area (Å²) in [5.41, 5.74) is 7.68. The second-order valence-electron chi connectivity index (χ2n) is 19.7. The number of hydrogen-bond acceptors (Lipinski definition) is 15. The summed E-state index contributed by atoms with van der Waals surface area (Å²) in [5.74, 6) is -3.81. The number of nitrogen functional groups attached to an aromatic ring is 1. The van der Waals surface area contributed by atoms with Crippen molar-refractivity contribution >= 4 is 58.7 Å². The summed E-state index contributed by atoms with van der Waals surface area (Å²) in [4.78, 5) is 87.1. The van der Waals surface area contributed by atoms with Crippen molar-refractivity contribution in [3.8, 4) is 11.5 Å². The van der Waals surface area contributed by atoms with E-state index >= 15 is 0 Å². The lowest BCUT2D eigenvalue weighted by molar-refractivity contribution is -0.157. The van der Waals surface area contributed by atoms with Crippen LogP contribution in [-0.2, 0) is 38.2 Å². The fourth-order valence-corrected chi connectivity index (χ4v) is 7.68. The molecular formula is C73H97N3O12. The van der Waals surface area contributed by atoms with Gasteiger partial charge in [0.05, 0.1) is 19.9 Å². The number of nitrogens with one attached hydrogen (secondary N) is 1. The van der Waals surface area contributed by atoms with Gasteiger partial charge in [0.15, 0.2) is 5.78 Å². The smallest absolute Gasteiger partial charge is 0.349 e. The average molecular weight is 1210 g/mol. The molecule has 0 aromatic heterocycles. The maximum Gasteiger partial charge on any atom is 0.349 e. The van der Waals surface area contributed by atoms with Crippen molar-refractivity contribution < 1.29 is 57.2 Å². The number of hydrogen-bond donors (Lipinski definition) is 2. The van der Waals surface area contributed by atoms with Gasteiger partial charge in [0.2, 0.25) is 0 Å². The molecule has 0 spiro atoms. The van der Waals surface area contributed by atoms with Crippen molar-refractivity contribution in [2.75, 3.05) is 39.4 Å². The molecule has 0 amide bonds. The quantitative estimate of drug-likeness (QED) is 0.00935. The highest BCUT2D eigenvalue weighted by molar-refractivity contribution is 6.30. The fourth-order valence-electron chi connectivity index (χ4n) is 7.68. The van der Waals surface area contributed by atoms with Crippen molar-refractivity contribution in [1.82, 2.24) is 0 Å². The van der Waals surface area contributed by atoms with Crippen LogP contribution in [0.15, 0.2) is 187 Å². The predicted octanol–water partition coefficient (Wildman–Crippen LogP) is 16.8. The van der Waals surface area contributed by atoms with Crippen LogP contribution < -0.4 is 20.5 Å². The van der Waals surface area contributed by atoms with Crippen LogP contribution in [0.2, 0.25) is 0 Å². The second-order valence-corrected chi connectivity index (χ2v) is 19.7. The molecule has 0 bridgehead atoms.